The van der Waals surface area contributed by atoms with E-state index in [9.17, 15) is 4.79 Å². The molecule has 1 atom stereocenters. The van der Waals surface area contributed by atoms with Crippen molar-refractivity contribution >= 4 is 40.0 Å². The fourth-order valence-electron chi connectivity index (χ4n) is 3.08. The van der Waals surface area contributed by atoms with E-state index in [1.807, 2.05) is 17.9 Å². The van der Waals surface area contributed by atoms with Gasteiger partial charge in [0, 0.05) is 36.7 Å². The molecule has 4 nitrogen and oxygen atoms in total. The van der Waals surface area contributed by atoms with Crippen LogP contribution in [0.5, 0.6) is 0 Å². The molecule has 2 aromatic rings. The Labute approximate surface area is 133 Å². The third kappa shape index (κ3) is 2.31. The number of methoxy groups -OCH3 is 1. The van der Waals surface area contributed by atoms with Crippen molar-refractivity contribution in [2.75, 3.05) is 20.3 Å². The zero-order valence-corrected chi connectivity index (χ0v) is 13.4. The smallest absolute Gasteiger partial charge is 0.249 e. The number of H-pyrrole nitrogens is 1. The molecule has 112 valence electrons. The highest BCUT2D eigenvalue weighted by Gasteiger charge is 2.30. The van der Waals surface area contributed by atoms with Crippen molar-refractivity contribution in [3.05, 3.63) is 33.4 Å². The number of fused-ring (bicyclic) bond motifs is 3. The van der Waals surface area contributed by atoms with E-state index < -0.39 is 0 Å². The minimum atomic E-state index is -0.0117. The highest BCUT2D eigenvalue weighted by atomic mass is 35.5. The predicted octanol–water partition coefficient (Wildman–Crippen LogP) is 3.57. The van der Waals surface area contributed by atoms with E-state index in [4.69, 9.17) is 27.9 Å². The summed E-state index contributed by atoms with van der Waals surface area (Å²) < 4.78 is 4.96. The Morgan fingerprint density at radius 2 is 2.24 bits per heavy atom. The fraction of sp³-hybridized carbons (Fsp3) is 0.400. The van der Waals surface area contributed by atoms with Crippen molar-refractivity contribution in [3.63, 3.8) is 0 Å². The molecule has 1 unspecified atom stereocenters. The van der Waals surface area contributed by atoms with Crippen LogP contribution in [-0.4, -0.2) is 36.1 Å². The number of carbonyl (C=O) groups excluding carboxylic acids is 1. The van der Waals surface area contributed by atoms with Crippen molar-refractivity contribution in [2.45, 2.75) is 19.4 Å². The van der Waals surface area contributed by atoms with Gasteiger partial charge in [-0.15, -0.1) is 0 Å². The second-order valence-corrected chi connectivity index (χ2v) is 6.03. The molecule has 1 aromatic heterocycles. The lowest BCUT2D eigenvalue weighted by atomic mass is 9.97. The number of ether oxygens (including phenoxy) is 1. The fourth-order valence-corrected chi connectivity index (χ4v) is 3.45. The van der Waals surface area contributed by atoms with Crippen LogP contribution in [0.3, 0.4) is 0 Å². The molecule has 0 radical (unpaired) electrons. The topological polar surface area (TPSA) is 45.3 Å². The summed E-state index contributed by atoms with van der Waals surface area (Å²) in [6.45, 7) is 2.81. The normalized spacial score (nSPS) is 18.1. The molecule has 1 amide bonds. The largest absolute Gasteiger partial charge is 0.375 e. The molecule has 21 heavy (non-hydrogen) atoms. The van der Waals surface area contributed by atoms with E-state index in [1.54, 1.807) is 6.07 Å². The third-order valence-corrected chi connectivity index (χ3v) is 4.87. The van der Waals surface area contributed by atoms with Gasteiger partial charge in [0.1, 0.15) is 6.61 Å². The lowest BCUT2D eigenvalue weighted by Crippen LogP contribution is -2.40. The molecule has 0 fully saturated rings. The monoisotopic (exact) mass is 326 g/mol. The van der Waals surface area contributed by atoms with Gasteiger partial charge in [0.15, 0.2) is 0 Å². The Balaban J connectivity index is 2.09. The van der Waals surface area contributed by atoms with E-state index in [2.05, 4.69) is 4.98 Å². The van der Waals surface area contributed by atoms with Crippen LogP contribution in [0.4, 0.5) is 0 Å². The lowest BCUT2D eigenvalue weighted by molar-refractivity contribution is -0.137. The number of aromatic amines is 1. The van der Waals surface area contributed by atoms with E-state index in [0.717, 1.165) is 28.6 Å². The highest BCUT2D eigenvalue weighted by Crippen LogP contribution is 2.39. The summed E-state index contributed by atoms with van der Waals surface area (Å²) in [7, 11) is 1.53. The second-order valence-electron chi connectivity index (χ2n) is 5.25. The maximum absolute atomic E-state index is 12.1. The number of benzene rings is 1. The lowest BCUT2D eigenvalue weighted by Gasteiger charge is -2.33. The van der Waals surface area contributed by atoms with Gasteiger partial charge in [-0.1, -0.05) is 29.3 Å². The van der Waals surface area contributed by atoms with Crippen molar-refractivity contribution in [1.82, 2.24) is 9.88 Å². The van der Waals surface area contributed by atoms with Crippen LogP contribution in [0.15, 0.2) is 12.1 Å². The first-order valence-corrected chi connectivity index (χ1v) is 7.57. The third-order valence-electron chi connectivity index (χ3n) is 4.06. The van der Waals surface area contributed by atoms with Gasteiger partial charge in [-0.05, 0) is 13.0 Å². The minimum absolute atomic E-state index is 0.00469. The molecule has 0 saturated heterocycles. The summed E-state index contributed by atoms with van der Waals surface area (Å²) in [5.41, 5.74) is 3.10. The van der Waals surface area contributed by atoms with E-state index >= 15 is 0 Å². The summed E-state index contributed by atoms with van der Waals surface area (Å²) in [6, 6.07) is 3.74. The number of halogens is 2. The number of nitrogens with zero attached hydrogens (tertiary/aromatic N) is 1. The molecular weight excluding hydrogens is 311 g/mol. The van der Waals surface area contributed by atoms with Crippen LogP contribution in [0.2, 0.25) is 10.0 Å². The molecule has 0 spiro atoms. The number of hydrogen-bond acceptors (Lipinski definition) is 2. The van der Waals surface area contributed by atoms with Gasteiger partial charge in [-0.3, -0.25) is 4.79 Å². The maximum Gasteiger partial charge on any atom is 0.249 e. The van der Waals surface area contributed by atoms with Gasteiger partial charge in [-0.2, -0.15) is 0 Å². The van der Waals surface area contributed by atoms with Crippen LogP contribution in [0.25, 0.3) is 10.9 Å². The second kappa shape index (κ2) is 5.52. The number of carbonyl (C=O) groups is 1. The molecule has 6 heteroatoms. The average Bonchev–Trinajstić information content (AvgIpc) is 2.83. The molecule has 2 heterocycles. The molecule has 1 aliphatic heterocycles. The van der Waals surface area contributed by atoms with Gasteiger partial charge >= 0.3 is 0 Å². The molecule has 1 aromatic carbocycles. The molecular formula is C15H16Cl2N2O2. The summed E-state index contributed by atoms with van der Waals surface area (Å²) in [5.74, 6) is 0.00469. The van der Waals surface area contributed by atoms with Gasteiger partial charge in [0.25, 0.3) is 0 Å². The van der Waals surface area contributed by atoms with E-state index in [0.29, 0.717) is 16.6 Å². The van der Waals surface area contributed by atoms with Crippen LogP contribution in [-0.2, 0) is 16.0 Å². The molecule has 0 aliphatic carbocycles. The van der Waals surface area contributed by atoms with Crippen LogP contribution in [0.1, 0.15) is 24.2 Å². The predicted molar refractivity (Wildman–Crippen MR) is 84.0 cm³/mol. The number of hydrogen-bond donors (Lipinski definition) is 1. The van der Waals surface area contributed by atoms with Gasteiger partial charge in [-0.25, -0.2) is 0 Å². The highest BCUT2D eigenvalue weighted by molar-refractivity contribution is 6.45. The first kappa shape index (κ1) is 14.7. The zero-order valence-electron chi connectivity index (χ0n) is 11.9. The van der Waals surface area contributed by atoms with Crippen LogP contribution >= 0.6 is 23.2 Å². The van der Waals surface area contributed by atoms with E-state index in [-0.39, 0.29) is 18.6 Å². The molecule has 1 N–H and O–H groups in total. The van der Waals surface area contributed by atoms with Gasteiger partial charge in [0.2, 0.25) is 5.91 Å². The Bertz CT molecular complexity index is 711. The average molecular weight is 327 g/mol. The first-order chi connectivity index (χ1) is 10.0. The summed E-state index contributed by atoms with van der Waals surface area (Å²) in [6.07, 6.45) is 0.776. The Hall–Kier alpha value is -1.23. The van der Waals surface area contributed by atoms with Gasteiger partial charge < -0.3 is 14.6 Å². The number of rotatable bonds is 2. The van der Waals surface area contributed by atoms with Crippen molar-refractivity contribution in [3.8, 4) is 0 Å². The maximum atomic E-state index is 12.1. The molecule has 0 saturated carbocycles. The Kier molecular flexibility index (Phi) is 3.86. The number of aromatic nitrogens is 1. The minimum Gasteiger partial charge on any atom is -0.375 e. The van der Waals surface area contributed by atoms with Crippen molar-refractivity contribution in [1.29, 1.82) is 0 Å². The quantitative estimate of drug-likeness (QED) is 0.916. The van der Waals surface area contributed by atoms with Crippen LogP contribution < -0.4 is 0 Å². The molecule has 3 rings (SSSR count). The van der Waals surface area contributed by atoms with Crippen LogP contribution in [0, 0.1) is 0 Å². The SMILES string of the molecule is COCC(=O)N1CCc2[nH]c3c(Cl)c(Cl)ccc3c2C1C. The van der Waals surface area contributed by atoms with Gasteiger partial charge in [0.05, 0.1) is 21.6 Å². The van der Waals surface area contributed by atoms with Crippen molar-refractivity contribution in [2.24, 2.45) is 0 Å². The summed E-state index contributed by atoms with van der Waals surface area (Å²) in [4.78, 5) is 17.4. The van der Waals surface area contributed by atoms with E-state index in [1.165, 1.54) is 7.11 Å². The zero-order chi connectivity index (χ0) is 15.1. The summed E-state index contributed by atoms with van der Waals surface area (Å²) >= 11 is 12.4. The molecule has 1 aliphatic rings. The Morgan fingerprint density at radius 3 is 2.95 bits per heavy atom. The molecule has 0 bridgehead atoms. The summed E-state index contributed by atoms with van der Waals surface area (Å²) in [5, 5.41) is 2.09. The standard InChI is InChI=1S/C15H16Cl2N2O2/c1-8-13-9-3-4-10(16)14(17)15(9)18-11(13)5-6-19(8)12(20)7-21-2/h3-4,8,18H,5-7H2,1-2H3. The Morgan fingerprint density at radius 1 is 1.48 bits per heavy atom. The number of amides is 1. The number of nitrogens with one attached hydrogen (secondary N) is 1. The first-order valence-electron chi connectivity index (χ1n) is 6.81. The van der Waals surface area contributed by atoms with Crippen molar-refractivity contribution < 1.29 is 9.53 Å².